The van der Waals surface area contributed by atoms with Gasteiger partial charge in [0.05, 0.1) is 6.61 Å². The van der Waals surface area contributed by atoms with Crippen LogP contribution in [-0.2, 0) is 0 Å². The summed E-state index contributed by atoms with van der Waals surface area (Å²) in [6.45, 7) is 4.87. The van der Waals surface area contributed by atoms with E-state index in [0.29, 0.717) is 12.6 Å². The maximum absolute atomic E-state index is 8.77. The molecule has 0 aliphatic carbocycles. The van der Waals surface area contributed by atoms with Gasteiger partial charge in [-0.05, 0) is 13.3 Å². The van der Waals surface area contributed by atoms with Crippen LogP contribution in [0.1, 0.15) is 20.3 Å². The third-order valence-electron chi connectivity index (χ3n) is 1.59. The van der Waals surface area contributed by atoms with Crippen molar-refractivity contribution >= 4 is 0 Å². The topological polar surface area (TPSA) is 58.3 Å². The molecule has 10 heavy (non-hydrogen) atoms. The molecule has 0 bridgehead atoms. The number of hydrogen-bond donors (Lipinski definition) is 3. The Morgan fingerprint density at radius 2 is 2.20 bits per heavy atom. The van der Waals surface area contributed by atoms with E-state index in [-0.39, 0.29) is 12.6 Å². The molecule has 4 N–H and O–H groups in total. The maximum Gasteiger partial charge on any atom is 0.0584 e. The SMILES string of the molecule is CC[C@H](CO)NC(C)CN. The van der Waals surface area contributed by atoms with E-state index in [1.807, 2.05) is 13.8 Å². The van der Waals surface area contributed by atoms with Gasteiger partial charge in [0, 0.05) is 18.6 Å². The zero-order chi connectivity index (χ0) is 7.98. The van der Waals surface area contributed by atoms with E-state index in [0.717, 1.165) is 6.42 Å². The molecule has 0 aromatic rings. The van der Waals surface area contributed by atoms with Crippen LogP contribution in [0.3, 0.4) is 0 Å². The predicted octanol–water partition coefficient (Wildman–Crippen LogP) is -0.306. The van der Waals surface area contributed by atoms with Gasteiger partial charge in [0.2, 0.25) is 0 Å². The number of nitrogens with two attached hydrogens (primary N) is 1. The summed E-state index contributed by atoms with van der Waals surface area (Å²) in [5.41, 5.74) is 5.39. The van der Waals surface area contributed by atoms with Crippen molar-refractivity contribution in [3.8, 4) is 0 Å². The third-order valence-corrected chi connectivity index (χ3v) is 1.59. The fourth-order valence-electron chi connectivity index (χ4n) is 0.770. The standard InChI is InChI=1S/C7H18N2O/c1-3-7(5-10)9-6(2)4-8/h6-7,9-10H,3-5,8H2,1-2H3/t6?,7-/m1/s1. The zero-order valence-electron chi connectivity index (χ0n) is 6.80. The monoisotopic (exact) mass is 146 g/mol. The lowest BCUT2D eigenvalue weighted by molar-refractivity contribution is 0.230. The Morgan fingerprint density at radius 3 is 2.50 bits per heavy atom. The molecule has 0 heterocycles. The Hall–Kier alpha value is -0.120. The van der Waals surface area contributed by atoms with Gasteiger partial charge in [0.1, 0.15) is 0 Å². The molecule has 0 spiro atoms. The van der Waals surface area contributed by atoms with Crippen LogP contribution >= 0.6 is 0 Å². The summed E-state index contributed by atoms with van der Waals surface area (Å²) in [7, 11) is 0. The molecule has 0 aliphatic heterocycles. The number of rotatable bonds is 5. The molecule has 0 fully saturated rings. The molecule has 0 saturated heterocycles. The summed E-state index contributed by atoms with van der Waals surface area (Å²) in [6, 6.07) is 0.510. The van der Waals surface area contributed by atoms with Crippen LogP contribution in [-0.4, -0.2) is 30.3 Å². The van der Waals surface area contributed by atoms with Crippen molar-refractivity contribution in [3.63, 3.8) is 0 Å². The maximum atomic E-state index is 8.77. The van der Waals surface area contributed by atoms with E-state index in [4.69, 9.17) is 10.8 Å². The van der Waals surface area contributed by atoms with Gasteiger partial charge < -0.3 is 16.2 Å². The first-order chi connectivity index (χ1) is 4.74. The summed E-state index contributed by atoms with van der Waals surface area (Å²) in [4.78, 5) is 0. The first-order valence-electron chi connectivity index (χ1n) is 3.81. The van der Waals surface area contributed by atoms with Gasteiger partial charge in [-0.3, -0.25) is 0 Å². The van der Waals surface area contributed by atoms with Crippen LogP contribution in [0.25, 0.3) is 0 Å². The van der Waals surface area contributed by atoms with Crippen molar-refractivity contribution in [1.29, 1.82) is 0 Å². The van der Waals surface area contributed by atoms with Crippen molar-refractivity contribution in [2.75, 3.05) is 13.2 Å². The molecule has 2 atom stereocenters. The smallest absolute Gasteiger partial charge is 0.0584 e. The third kappa shape index (κ3) is 3.82. The van der Waals surface area contributed by atoms with Gasteiger partial charge in [-0.25, -0.2) is 0 Å². The second kappa shape index (κ2) is 5.65. The van der Waals surface area contributed by atoms with Crippen molar-refractivity contribution in [2.24, 2.45) is 5.73 Å². The number of aliphatic hydroxyl groups is 1. The van der Waals surface area contributed by atoms with E-state index in [2.05, 4.69) is 5.32 Å². The van der Waals surface area contributed by atoms with Gasteiger partial charge in [0.25, 0.3) is 0 Å². The largest absolute Gasteiger partial charge is 0.395 e. The minimum absolute atomic E-state index is 0.195. The van der Waals surface area contributed by atoms with Gasteiger partial charge >= 0.3 is 0 Å². The van der Waals surface area contributed by atoms with E-state index in [1.54, 1.807) is 0 Å². The molecule has 0 amide bonds. The number of aliphatic hydroxyl groups excluding tert-OH is 1. The highest BCUT2D eigenvalue weighted by Crippen LogP contribution is 1.90. The van der Waals surface area contributed by atoms with E-state index in [9.17, 15) is 0 Å². The van der Waals surface area contributed by atoms with Gasteiger partial charge in [-0.1, -0.05) is 6.92 Å². The molecular formula is C7H18N2O. The molecule has 0 radical (unpaired) electrons. The molecule has 0 aliphatic rings. The zero-order valence-corrected chi connectivity index (χ0v) is 6.80. The highest BCUT2D eigenvalue weighted by atomic mass is 16.3. The van der Waals surface area contributed by atoms with Crippen LogP contribution in [0, 0.1) is 0 Å². The molecule has 0 aromatic heterocycles. The fraction of sp³-hybridized carbons (Fsp3) is 1.00. The average molecular weight is 146 g/mol. The van der Waals surface area contributed by atoms with Gasteiger partial charge in [0.15, 0.2) is 0 Å². The van der Waals surface area contributed by atoms with Crippen molar-refractivity contribution < 1.29 is 5.11 Å². The van der Waals surface area contributed by atoms with Crippen LogP contribution in [0.5, 0.6) is 0 Å². The molecule has 1 unspecified atom stereocenters. The molecule has 0 saturated carbocycles. The average Bonchev–Trinajstić information content (AvgIpc) is 1.99. The van der Waals surface area contributed by atoms with Crippen LogP contribution in [0.2, 0.25) is 0 Å². The minimum atomic E-state index is 0.195. The molecular weight excluding hydrogens is 128 g/mol. The lowest BCUT2D eigenvalue weighted by atomic mass is 10.2. The Balaban J connectivity index is 3.41. The van der Waals surface area contributed by atoms with Crippen LogP contribution in [0.4, 0.5) is 0 Å². The summed E-state index contributed by atoms with van der Waals surface area (Å²) in [6.07, 6.45) is 0.945. The molecule has 0 rings (SSSR count). The van der Waals surface area contributed by atoms with E-state index in [1.165, 1.54) is 0 Å². The Morgan fingerprint density at radius 1 is 1.60 bits per heavy atom. The molecule has 3 heteroatoms. The fourth-order valence-corrected chi connectivity index (χ4v) is 0.770. The second-order valence-corrected chi connectivity index (χ2v) is 2.59. The van der Waals surface area contributed by atoms with Crippen molar-refractivity contribution in [3.05, 3.63) is 0 Å². The molecule has 62 valence electrons. The Kier molecular flexibility index (Phi) is 5.58. The van der Waals surface area contributed by atoms with Crippen LogP contribution < -0.4 is 11.1 Å². The summed E-state index contributed by atoms with van der Waals surface area (Å²) in [5, 5.41) is 12.0. The lowest BCUT2D eigenvalue weighted by Crippen LogP contribution is -2.42. The second-order valence-electron chi connectivity index (χ2n) is 2.59. The van der Waals surface area contributed by atoms with E-state index < -0.39 is 0 Å². The van der Waals surface area contributed by atoms with Gasteiger partial charge in [-0.2, -0.15) is 0 Å². The highest BCUT2D eigenvalue weighted by Gasteiger charge is 2.06. The highest BCUT2D eigenvalue weighted by molar-refractivity contribution is 4.69. The predicted molar refractivity (Wildman–Crippen MR) is 42.8 cm³/mol. The quantitative estimate of drug-likeness (QED) is 0.499. The lowest BCUT2D eigenvalue weighted by Gasteiger charge is -2.18. The summed E-state index contributed by atoms with van der Waals surface area (Å²) < 4.78 is 0. The number of hydrogen-bond acceptors (Lipinski definition) is 3. The van der Waals surface area contributed by atoms with Gasteiger partial charge in [-0.15, -0.1) is 0 Å². The van der Waals surface area contributed by atoms with Crippen molar-refractivity contribution in [2.45, 2.75) is 32.4 Å². The summed E-state index contributed by atoms with van der Waals surface area (Å²) >= 11 is 0. The minimum Gasteiger partial charge on any atom is -0.395 e. The van der Waals surface area contributed by atoms with Crippen molar-refractivity contribution in [1.82, 2.24) is 5.32 Å². The first kappa shape index (κ1) is 9.88. The molecule has 0 aromatic carbocycles. The molecule has 3 nitrogen and oxygen atoms in total. The van der Waals surface area contributed by atoms with E-state index >= 15 is 0 Å². The van der Waals surface area contributed by atoms with Crippen LogP contribution in [0.15, 0.2) is 0 Å². The number of nitrogens with one attached hydrogen (secondary N) is 1. The first-order valence-corrected chi connectivity index (χ1v) is 3.81. The Bertz CT molecular complexity index is 74.0. The Labute approximate surface area is 62.6 Å². The normalized spacial score (nSPS) is 16.8. The summed E-state index contributed by atoms with van der Waals surface area (Å²) in [5.74, 6) is 0.